The fraction of sp³-hybridized carbons (Fsp3) is 0.211. The fourth-order valence-electron chi connectivity index (χ4n) is 3.02. The molecule has 0 atom stereocenters. The quantitative estimate of drug-likeness (QED) is 0.736. The molecule has 2 aromatic heterocycles. The first kappa shape index (κ1) is 15.5. The summed E-state index contributed by atoms with van der Waals surface area (Å²) in [4.78, 5) is 17.5. The average Bonchev–Trinajstić information content (AvgIpc) is 2.69. The van der Waals surface area contributed by atoms with Gasteiger partial charge in [-0.1, -0.05) is 18.2 Å². The van der Waals surface area contributed by atoms with Crippen molar-refractivity contribution in [2.24, 2.45) is 0 Å². The summed E-state index contributed by atoms with van der Waals surface area (Å²) in [6.45, 7) is 3.40. The van der Waals surface area contributed by atoms with Gasteiger partial charge in [0.2, 0.25) is 5.95 Å². The molecule has 3 heterocycles. The highest BCUT2D eigenvalue weighted by molar-refractivity contribution is 5.64. The summed E-state index contributed by atoms with van der Waals surface area (Å²) in [5, 5.41) is 0. The SMILES string of the molecule is Fc1ccccc1-c1ccc(N2CCN(c3ncccn3)CC2)nc1. The van der Waals surface area contributed by atoms with Gasteiger partial charge in [-0.3, -0.25) is 0 Å². The van der Waals surface area contributed by atoms with Gasteiger partial charge < -0.3 is 9.80 Å². The van der Waals surface area contributed by atoms with Crippen LogP contribution < -0.4 is 9.80 Å². The molecule has 126 valence electrons. The van der Waals surface area contributed by atoms with Gasteiger partial charge in [-0.05, 0) is 24.3 Å². The number of hydrogen-bond donors (Lipinski definition) is 0. The molecule has 1 aliphatic rings. The summed E-state index contributed by atoms with van der Waals surface area (Å²) in [6.07, 6.45) is 5.26. The molecule has 1 saturated heterocycles. The molecule has 6 heteroatoms. The smallest absolute Gasteiger partial charge is 0.225 e. The van der Waals surface area contributed by atoms with E-state index < -0.39 is 0 Å². The highest BCUT2D eigenvalue weighted by atomic mass is 19.1. The van der Waals surface area contributed by atoms with Crippen molar-refractivity contribution in [1.82, 2.24) is 15.0 Å². The van der Waals surface area contributed by atoms with E-state index in [4.69, 9.17) is 0 Å². The summed E-state index contributed by atoms with van der Waals surface area (Å²) >= 11 is 0. The predicted octanol–water partition coefficient (Wildman–Crippen LogP) is 3.00. The van der Waals surface area contributed by atoms with Crippen molar-refractivity contribution in [2.75, 3.05) is 36.0 Å². The van der Waals surface area contributed by atoms with Crippen LogP contribution in [0.15, 0.2) is 61.1 Å². The molecule has 0 radical (unpaired) electrons. The summed E-state index contributed by atoms with van der Waals surface area (Å²) < 4.78 is 13.9. The van der Waals surface area contributed by atoms with E-state index in [0.29, 0.717) is 5.56 Å². The minimum atomic E-state index is -0.228. The van der Waals surface area contributed by atoms with Crippen molar-refractivity contribution in [2.45, 2.75) is 0 Å². The summed E-state index contributed by atoms with van der Waals surface area (Å²) in [5.41, 5.74) is 1.37. The Bertz CT molecular complexity index is 830. The van der Waals surface area contributed by atoms with Crippen LogP contribution in [-0.4, -0.2) is 41.1 Å². The van der Waals surface area contributed by atoms with Crippen molar-refractivity contribution in [3.8, 4) is 11.1 Å². The summed E-state index contributed by atoms with van der Waals surface area (Å²) in [6, 6.07) is 12.5. The van der Waals surface area contributed by atoms with Gasteiger partial charge in [-0.25, -0.2) is 19.3 Å². The van der Waals surface area contributed by atoms with Gasteiger partial charge in [0.05, 0.1) is 0 Å². The lowest BCUT2D eigenvalue weighted by atomic mass is 10.1. The normalized spacial score (nSPS) is 14.6. The Labute approximate surface area is 145 Å². The van der Waals surface area contributed by atoms with Crippen LogP contribution >= 0.6 is 0 Å². The maximum absolute atomic E-state index is 13.9. The number of pyridine rings is 1. The number of anilines is 2. The van der Waals surface area contributed by atoms with E-state index in [1.54, 1.807) is 30.7 Å². The Balaban J connectivity index is 1.44. The van der Waals surface area contributed by atoms with Crippen LogP contribution in [0.4, 0.5) is 16.2 Å². The number of halogens is 1. The van der Waals surface area contributed by atoms with Gasteiger partial charge in [0.1, 0.15) is 11.6 Å². The Morgan fingerprint density at radius 1 is 0.760 bits per heavy atom. The zero-order valence-electron chi connectivity index (χ0n) is 13.7. The second-order valence-electron chi connectivity index (χ2n) is 5.91. The van der Waals surface area contributed by atoms with Gasteiger partial charge >= 0.3 is 0 Å². The zero-order chi connectivity index (χ0) is 17.1. The molecule has 1 aromatic carbocycles. The molecule has 5 nitrogen and oxygen atoms in total. The van der Waals surface area contributed by atoms with Crippen molar-refractivity contribution >= 4 is 11.8 Å². The number of hydrogen-bond acceptors (Lipinski definition) is 5. The molecule has 4 rings (SSSR count). The molecule has 25 heavy (non-hydrogen) atoms. The van der Waals surface area contributed by atoms with Crippen molar-refractivity contribution in [3.05, 3.63) is 66.9 Å². The molecular weight excluding hydrogens is 317 g/mol. The highest BCUT2D eigenvalue weighted by Crippen LogP contribution is 2.24. The molecule has 0 bridgehead atoms. The molecule has 0 aliphatic carbocycles. The average molecular weight is 335 g/mol. The molecule has 1 aliphatic heterocycles. The fourth-order valence-corrected chi connectivity index (χ4v) is 3.02. The van der Waals surface area contributed by atoms with Crippen LogP contribution in [0.2, 0.25) is 0 Å². The van der Waals surface area contributed by atoms with Crippen LogP contribution in [0.25, 0.3) is 11.1 Å². The first-order valence-electron chi connectivity index (χ1n) is 8.29. The minimum Gasteiger partial charge on any atom is -0.353 e. The van der Waals surface area contributed by atoms with Gasteiger partial charge in [0, 0.05) is 55.9 Å². The number of nitrogens with zero attached hydrogens (tertiary/aromatic N) is 5. The zero-order valence-corrected chi connectivity index (χ0v) is 13.7. The van der Waals surface area contributed by atoms with E-state index in [0.717, 1.165) is 43.5 Å². The van der Waals surface area contributed by atoms with E-state index in [9.17, 15) is 4.39 Å². The molecule has 1 fully saturated rings. The monoisotopic (exact) mass is 335 g/mol. The molecule has 3 aromatic rings. The number of benzene rings is 1. The largest absolute Gasteiger partial charge is 0.353 e. The number of piperazine rings is 1. The van der Waals surface area contributed by atoms with Gasteiger partial charge in [0.25, 0.3) is 0 Å². The second-order valence-corrected chi connectivity index (χ2v) is 5.91. The third-order valence-electron chi connectivity index (χ3n) is 4.37. The maximum Gasteiger partial charge on any atom is 0.225 e. The summed E-state index contributed by atoms with van der Waals surface area (Å²) in [5.74, 6) is 1.45. The molecule has 0 saturated carbocycles. The predicted molar refractivity (Wildman–Crippen MR) is 96.1 cm³/mol. The minimum absolute atomic E-state index is 0.228. The Hall–Kier alpha value is -3.02. The number of aromatic nitrogens is 3. The van der Waals surface area contributed by atoms with Crippen LogP contribution in [0.1, 0.15) is 0 Å². The van der Waals surface area contributed by atoms with Gasteiger partial charge in [-0.15, -0.1) is 0 Å². The topological polar surface area (TPSA) is 45.2 Å². The Kier molecular flexibility index (Phi) is 4.24. The van der Waals surface area contributed by atoms with Gasteiger partial charge in [-0.2, -0.15) is 0 Å². The third kappa shape index (κ3) is 3.28. The van der Waals surface area contributed by atoms with Crippen LogP contribution in [-0.2, 0) is 0 Å². The van der Waals surface area contributed by atoms with Crippen LogP contribution in [0.5, 0.6) is 0 Å². The van der Waals surface area contributed by atoms with Gasteiger partial charge in [0.15, 0.2) is 0 Å². The van der Waals surface area contributed by atoms with E-state index in [2.05, 4.69) is 24.8 Å². The molecular formula is C19H18FN5. The van der Waals surface area contributed by atoms with Crippen molar-refractivity contribution in [3.63, 3.8) is 0 Å². The third-order valence-corrected chi connectivity index (χ3v) is 4.37. The maximum atomic E-state index is 13.9. The summed E-state index contributed by atoms with van der Waals surface area (Å²) in [7, 11) is 0. The van der Waals surface area contributed by atoms with E-state index in [-0.39, 0.29) is 5.82 Å². The molecule has 0 amide bonds. The van der Waals surface area contributed by atoms with Crippen molar-refractivity contribution < 1.29 is 4.39 Å². The lowest BCUT2D eigenvalue weighted by Gasteiger charge is -2.35. The first-order chi connectivity index (χ1) is 12.3. The van der Waals surface area contributed by atoms with E-state index in [1.165, 1.54) is 6.07 Å². The number of rotatable bonds is 3. The first-order valence-corrected chi connectivity index (χ1v) is 8.29. The van der Waals surface area contributed by atoms with Crippen LogP contribution in [0.3, 0.4) is 0 Å². The van der Waals surface area contributed by atoms with E-state index in [1.807, 2.05) is 24.3 Å². The second kappa shape index (κ2) is 6.84. The lowest BCUT2D eigenvalue weighted by molar-refractivity contribution is 0.630. The molecule has 0 unspecified atom stereocenters. The lowest BCUT2D eigenvalue weighted by Crippen LogP contribution is -2.47. The van der Waals surface area contributed by atoms with Crippen molar-refractivity contribution in [1.29, 1.82) is 0 Å². The Morgan fingerprint density at radius 2 is 1.48 bits per heavy atom. The molecule has 0 spiro atoms. The van der Waals surface area contributed by atoms with E-state index >= 15 is 0 Å². The molecule has 0 N–H and O–H groups in total. The standard InChI is InChI=1S/C19H18FN5/c20-17-5-2-1-4-16(17)15-6-7-18(23-14-15)24-10-12-25(13-11-24)19-21-8-3-9-22-19/h1-9,14H,10-13H2. The Morgan fingerprint density at radius 3 is 2.16 bits per heavy atom. The highest BCUT2D eigenvalue weighted by Gasteiger charge is 2.19. The van der Waals surface area contributed by atoms with Crippen LogP contribution in [0, 0.1) is 5.82 Å².